The number of carbonyl (C=O) groups is 2. The fraction of sp³-hybridized carbons (Fsp3) is 0.100. The van der Waals surface area contributed by atoms with Gasteiger partial charge in [-0.2, -0.15) is 0 Å². The van der Waals surface area contributed by atoms with Crippen LogP contribution in [0.5, 0.6) is 0 Å². The largest absolute Gasteiger partial charge is 0.462 e. The van der Waals surface area contributed by atoms with Crippen molar-refractivity contribution in [1.29, 1.82) is 0 Å². The Kier molecular flexibility index (Phi) is 5.36. The highest BCUT2D eigenvalue weighted by Crippen LogP contribution is 2.19. The van der Waals surface area contributed by atoms with Crippen molar-refractivity contribution in [3.63, 3.8) is 0 Å². The van der Waals surface area contributed by atoms with Crippen molar-refractivity contribution in [2.75, 3.05) is 6.61 Å². The molecule has 0 aliphatic carbocycles. The molecule has 0 atom stereocenters. The highest BCUT2D eigenvalue weighted by atomic mass is 32.1. The lowest BCUT2D eigenvalue weighted by molar-refractivity contribution is 0.0506. The molecule has 3 aromatic rings. The summed E-state index contributed by atoms with van der Waals surface area (Å²) >= 11 is 1.33. The van der Waals surface area contributed by atoms with Gasteiger partial charge in [0, 0.05) is 12.0 Å². The number of thiophene rings is 1. The molecule has 0 aliphatic heterocycles. The summed E-state index contributed by atoms with van der Waals surface area (Å²) in [6.07, 6.45) is 0.407. The number of rotatable bonds is 6. The van der Waals surface area contributed by atoms with Crippen LogP contribution in [0.15, 0.2) is 66.0 Å². The summed E-state index contributed by atoms with van der Waals surface area (Å²) in [5, 5.41) is 1.81. The third kappa shape index (κ3) is 4.19. The predicted octanol–water partition coefficient (Wildman–Crippen LogP) is 4.52. The van der Waals surface area contributed by atoms with E-state index in [4.69, 9.17) is 4.74 Å². The number of hydrogen-bond acceptors (Lipinski definition) is 4. The van der Waals surface area contributed by atoms with Gasteiger partial charge in [0.15, 0.2) is 0 Å². The number of benzene rings is 2. The first-order valence-corrected chi connectivity index (χ1v) is 8.62. The van der Waals surface area contributed by atoms with Crippen LogP contribution in [0.4, 0.5) is 4.39 Å². The molecule has 0 saturated carbocycles. The molecular weight excluding hydrogens is 339 g/mol. The molecule has 25 heavy (non-hydrogen) atoms. The summed E-state index contributed by atoms with van der Waals surface area (Å²) in [7, 11) is 0. The molecule has 0 fully saturated rings. The molecule has 1 aromatic heterocycles. The SMILES string of the molecule is O=C(OCCc1cccc(F)c1)c1ccccc1C(=O)c1cccs1. The van der Waals surface area contributed by atoms with E-state index in [-0.39, 0.29) is 23.8 Å². The van der Waals surface area contributed by atoms with Gasteiger partial charge in [0.2, 0.25) is 5.78 Å². The lowest BCUT2D eigenvalue weighted by atomic mass is 10.0. The number of ketones is 1. The first kappa shape index (κ1) is 17.0. The quantitative estimate of drug-likeness (QED) is 0.483. The molecule has 0 aliphatic rings. The van der Waals surface area contributed by atoms with Crippen LogP contribution in [0.1, 0.15) is 31.2 Å². The zero-order valence-electron chi connectivity index (χ0n) is 13.3. The molecule has 3 nitrogen and oxygen atoms in total. The Morgan fingerprint density at radius 2 is 1.76 bits per heavy atom. The van der Waals surface area contributed by atoms with Crippen molar-refractivity contribution in [2.24, 2.45) is 0 Å². The van der Waals surface area contributed by atoms with Crippen LogP contribution in [0.25, 0.3) is 0 Å². The smallest absolute Gasteiger partial charge is 0.338 e. The predicted molar refractivity (Wildman–Crippen MR) is 94.6 cm³/mol. The van der Waals surface area contributed by atoms with Gasteiger partial charge in [0.1, 0.15) is 5.82 Å². The van der Waals surface area contributed by atoms with E-state index < -0.39 is 5.97 Å². The van der Waals surface area contributed by atoms with E-state index in [0.717, 1.165) is 5.56 Å². The Bertz CT molecular complexity index is 887. The summed E-state index contributed by atoms with van der Waals surface area (Å²) in [4.78, 5) is 25.4. The van der Waals surface area contributed by atoms with E-state index in [0.29, 0.717) is 16.9 Å². The average Bonchev–Trinajstić information content (AvgIpc) is 3.16. The van der Waals surface area contributed by atoms with Gasteiger partial charge in [-0.15, -0.1) is 11.3 Å². The van der Waals surface area contributed by atoms with Crippen LogP contribution in [-0.4, -0.2) is 18.4 Å². The van der Waals surface area contributed by atoms with Gasteiger partial charge in [0.05, 0.1) is 17.0 Å². The summed E-state index contributed by atoms with van der Waals surface area (Å²) < 4.78 is 18.4. The monoisotopic (exact) mass is 354 g/mol. The van der Waals surface area contributed by atoms with Gasteiger partial charge in [-0.25, -0.2) is 9.18 Å². The fourth-order valence-corrected chi connectivity index (χ4v) is 3.11. The van der Waals surface area contributed by atoms with Crippen molar-refractivity contribution in [3.8, 4) is 0 Å². The Hall–Kier alpha value is -2.79. The van der Waals surface area contributed by atoms with Crippen LogP contribution in [0, 0.1) is 5.82 Å². The second-order valence-corrected chi connectivity index (χ2v) is 6.32. The summed E-state index contributed by atoms with van der Waals surface area (Å²) in [6.45, 7) is 0.115. The van der Waals surface area contributed by atoms with Crippen molar-refractivity contribution in [1.82, 2.24) is 0 Å². The van der Waals surface area contributed by atoms with Crippen LogP contribution >= 0.6 is 11.3 Å². The Morgan fingerprint density at radius 1 is 0.960 bits per heavy atom. The number of halogens is 1. The second kappa shape index (κ2) is 7.85. The third-order valence-electron chi connectivity index (χ3n) is 3.65. The second-order valence-electron chi connectivity index (χ2n) is 5.37. The highest BCUT2D eigenvalue weighted by Gasteiger charge is 2.19. The normalized spacial score (nSPS) is 10.4. The maximum Gasteiger partial charge on any atom is 0.338 e. The molecule has 5 heteroatoms. The lowest BCUT2D eigenvalue weighted by Gasteiger charge is -2.08. The Morgan fingerprint density at radius 3 is 2.48 bits per heavy atom. The van der Waals surface area contributed by atoms with E-state index in [1.54, 1.807) is 48.5 Å². The molecule has 0 amide bonds. The molecule has 0 saturated heterocycles. The van der Waals surface area contributed by atoms with Crippen molar-refractivity contribution >= 4 is 23.1 Å². The highest BCUT2D eigenvalue weighted by molar-refractivity contribution is 7.12. The lowest BCUT2D eigenvalue weighted by Crippen LogP contribution is -2.13. The topological polar surface area (TPSA) is 43.4 Å². The van der Waals surface area contributed by atoms with E-state index in [9.17, 15) is 14.0 Å². The first-order valence-electron chi connectivity index (χ1n) is 7.74. The fourth-order valence-electron chi connectivity index (χ4n) is 2.43. The molecule has 0 N–H and O–H groups in total. The summed E-state index contributed by atoms with van der Waals surface area (Å²) in [6, 6.07) is 16.3. The zero-order valence-corrected chi connectivity index (χ0v) is 14.1. The maximum atomic E-state index is 13.2. The van der Waals surface area contributed by atoms with Crippen molar-refractivity contribution in [3.05, 3.63) is 93.4 Å². The van der Waals surface area contributed by atoms with Gasteiger partial charge >= 0.3 is 5.97 Å². The molecule has 2 aromatic carbocycles. The standard InChI is InChI=1S/C20H15FO3S/c21-15-6-3-5-14(13-15)10-11-24-20(23)17-8-2-1-7-16(17)19(22)18-9-4-12-25-18/h1-9,12-13H,10-11H2. The minimum atomic E-state index is -0.558. The minimum absolute atomic E-state index is 0.115. The molecule has 0 spiro atoms. The summed E-state index contributed by atoms with van der Waals surface area (Å²) in [5.74, 6) is -1.08. The first-order chi connectivity index (χ1) is 12.1. The van der Waals surface area contributed by atoms with Crippen molar-refractivity contribution < 1.29 is 18.7 Å². The minimum Gasteiger partial charge on any atom is -0.462 e. The number of carbonyl (C=O) groups excluding carboxylic acids is 2. The summed E-state index contributed by atoms with van der Waals surface area (Å²) in [5.41, 5.74) is 1.30. The van der Waals surface area contributed by atoms with Gasteiger partial charge in [0.25, 0.3) is 0 Å². The molecule has 126 valence electrons. The molecule has 0 unspecified atom stereocenters. The van der Waals surface area contributed by atoms with Crippen LogP contribution in [-0.2, 0) is 11.2 Å². The van der Waals surface area contributed by atoms with Gasteiger partial charge < -0.3 is 4.74 Å². The third-order valence-corrected chi connectivity index (χ3v) is 4.52. The van der Waals surface area contributed by atoms with E-state index in [2.05, 4.69) is 0 Å². The zero-order chi connectivity index (χ0) is 17.6. The van der Waals surface area contributed by atoms with Gasteiger partial charge in [-0.1, -0.05) is 36.4 Å². The molecule has 3 rings (SSSR count). The van der Waals surface area contributed by atoms with Crippen molar-refractivity contribution in [2.45, 2.75) is 6.42 Å². The van der Waals surface area contributed by atoms with E-state index in [1.807, 2.05) is 5.38 Å². The number of hydrogen-bond donors (Lipinski definition) is 0. The number of esters is 1. The molecule has 1 heterocycles. The molecular formula is C20H15FO3S. The van der Waals surface area contributed by atoms with E-state index >= 15 is 0 Å². The molecule has 0 radical (unpaired) electrons. The maximum absolute atomic E-state index is 13.2. The Labute approximate surface area is 148 Å². The van der Waals surface area contributed by atoms with Gasteiger partial charge in [-0.05, 0) is 35.2 Å². The van der Waals surface area contributed by atoms with Gasteiger partial charge in [-0.3, -0.25) is 4.79 Å². The van der Waals surface area contributed by atoms with Crippen LogP contribution in [0.2, 0.25) is 0 Å². The van der Waals surface area contributed by atoms with E-state index in [1.165, 1.54) is 23.5 Å². The average molecular weight is 354 g/mol. The Balaban J connectivity index is 1.69. The number of ether oxygens (including phenoxy) is 1. The molecule has 0 bridgehead atoms. The van der Waals surface area contributed by atoms with Crippen LogP contribution in [0.3, 0.4) is 0 Å². The van der Waals surface area contributed by atoms with Crippen LogP contribution < -0.4 is 0 Å².